The van der Waals surface area contributed by atoms with Gasteiger partial charge in [-0.1, -0.05) is 53.3 Å². The Bertz CT molecular complexity index is 395. The van der Waals surface area contributed by atoms with Gasteiger partial charge in [-0.2, -0.15) is 6.07 Å². The number of allylic oxidation sites excluding steroid dienone is 1. The number of hydrogen-bond acceptors (Lipinski definition) is 2. The Morgan fingerprint density at radius 2 is 2.10 bits per heavy atom. The summed E-state index contributed by atoms with van der Waals surface area (Å²) in [4.78, 5) is 8.43. The molecule has 0 aliphatic heterocycles. The first kappa shape index (κ1) is 21.8. The average Bonchev–Trinajstić information content (AvgIpc) is 2.42. The summed E-state index contributed by atoms with van der Waals surface area (Å²) in [5.74, 6) is 1.52. The van der Waals surface area contributed by atoms with Crippen LogP contribution in [0.4, 0.5) is 5.82 Å². The summed E-state index contributed by atoms with van der Waals surface area (Å²) in [5.41, 5.74) is 6.84. The molecule has 0 aliphatic rings. The molecule has 3 nitrogen and oxygen atoms in total. The summed E-state index contributed by atoms with van der Waals surface area (Å²) in [7, 11) is 0. The van der Waals surface area contributed by atoms with Gasteiger partial charge in [0.05, 0.1) is 0 Å². The van der Waals surface area contributed by atoms with Crippen molar-refractivity contribution in [3.05, 3.63) is 36.0 Å². The summed E-state index contributed by atoms with van der Waals surface area (Å²) in [6, 6.07) is 4.93. The Morgan fingerprint density at radius 1 is 1.45 bits per heavy atom. The fourth-order valence-corrected chi connectivity index (χ4v) is 1.28. The summed E-state index contributed by atoms with van der Waals surface area (Å²) < 4.78 is 0. The van der Waals surface area contributed by atoms with Gasteiger partial charge < -0.3 is 10.7 Å². The van der Waals surface area contributed by atoms with E-state index in [1.165, 1.54) is 0 Å². The minimum absolute atomic E-state index is 0. The predicted molar refractivity (Wildman–Crippen MR) is 83.8 cm³/mol. The maximum absolute atomic E-state index is 5.75. The first-order valence-electron chi connectivity index (χ1n) is 7.01. The minimum Gasteiger partial charge on any atom is -0.385 e. The Labute approximate surface area is 149 Å². The topological polar surface area (TPSA) is 51.3 Å². The molecule has 0 aromatic carbocycles. The molecule has 2 N–H and O–H groups in total. The third-order valence-corrected chi connectivity index (χ3v) is 2.31. The molecule has 0 aliphatic carbocycles. The van der Waals surface area contributed by atoms with Crippen molar-refractivity contribution in [1.82, 2.24) is 4.98 Å². The number of rotatable bonds is 5. The predicted octanol–water partition coefficient (Wildman–Crippen LogP) is 4.37. The first-order valence-corrected chi connectivity index (χ1v) is 7.01. The maximum Gasteiger partial charge on any atom is 0.111 e. The molecule has 1 radical (unpaired) electrons. The third kappa shape index (κ3) is 9.38. The van der Waals surface area contributed by atoms with Crippen molar-refractivity contribution in [3.8, 4) is 0 Å². The molecule has 0 spiro atoms. The SMILES string of the molecule is CC.CCC/C=C\C(N)=Nc1c[c-]c(C(C)C)cn1.[Y]. The molecule has 1 aromatic rings. The molecular formula is C16H26N3Y-. The number of nitrogens with zero attached hydrogens (tertiary/aromatic N) is 2. The zero-order valence-electron chi connectivity index (χ0n) is 13.4. The van der Waals surface area contributed by atoms with Crippen molar-refractivity contribution in [2.75, 3.05) is 0 Å². The van der Waals surface area contributed by atoms with E-state index in [0.29, 0.717) is 17.6 Å². The molecule has 109 valence electrons. The van der Waals surface area contributed by atoms with Crippen molar-refractivity contribution in [2.45, 2.75) is 53.4 Å². The number of amidine groups is 1. The van der Waals surface area contributed by atoms with Crippen LogP contribution in [0.25, 0.3) is 0 Å². The van der Waals surface area contributed by atoms with E-state index in [0.717, 1.165) is 18.4 Å². The number of aromatic nitrogens is 1. The molecule has 0 atom stereocenters. The number of hydrogen-bond donors (Lipinski definition) is 1. The van der Waals surface area contributed by atoms with Gasteiger partial charge in [-0.05, 0) is 18.4 Å². The smallest absolute Gasteiger partial charge is 0.111 e. The van der Waals surface area contributed by atoms with Crippen LogP contribution in [-0.2, 0) is 32.7 Å². The van der Waals surface area contributed by atoms with Gasteiger partial charge in [-0.25, -0.2) is 0 Å². The largest absolute Gasteiger partial charge is 0.385 e. The van der Waals surface area contributed by atoms with Crippen LogP contribution >= 0.6 is 0 Å². The van der Waals surface area contributed by atoms with E-state index in [9.17, 15) is 0 Å². The summed E-state index contributed by atoms with van der Waals surface area (Å²) in [5, 5.41) is 0. The van der Waals surface area contributed by atoms with Gasteiger partial charge in [0.15, 0.2) is 0 Å². The van der Waals surface area contributed by atoms with Crippen molar-refractivity contribution in [1.29, 1.82) is 0 Å². The molecule has 0 saturated heterocycles. The van der Waals surface area contributed by atoms with Crippen molar-refractivity contribution >= 4 is 11.7 Å². The van der Waals surface area contributed by atoms with Crippen molar-refractivity contribution in [3.63, 3.8) is 0 Å². The molecule has 4 heteroatoms. The zero-order chi connectivity index (χ0) is 14.7. The molecule has 0 amide bonds. The van der Waals surface area contributed by atoms with Crippen LogP contribution in [0.1, 0.15) is 58.9 Å². The van der Waals surface area contributed by atoms with Gasteiger partial charge in [0, 0.05) is 38.5 Å². The molecule has 0 unspecified atom stereocenters. The van der Waals surface area contributed by atoms with Crippen LogP contribution in [0.3, 0.4) is 0 Å². The number of unbranched alkanes of at least 4 members (excludes halogenated alkanes) is 1. The standard InChI is InChI=1S/C14H20N3.C2H6.Y/c1-4-5-6-7-13(15)17-14-9-8-12(10-16-14)11(2)3;1-2;/h6-7,9-11H,4-5H2,1-3H3,(H2,15,16,17);1-2H3;/q-1;;/b7-6-;;. The summed E-state index contributed by atoms with van der Waals surface area (Å²) in [6.45, 7) is 10.3. The van der Waals surface area contributed by atoms with Crippen LogP contribution in [0.2, 0.25) is 0 Å². The Balaban J connectivity index is 0. The number of pyridine rings is 1. The zero-order valence-corrected chi connectivity index (χ0v) is 16.2. The van der Waals surface area contributed by atoms with Crippen molar-refractivity contribution in [2.24, 2.45) is 10.7 Å². The van der Waals surface area contributed by atoms with Crippen LogP contribution in [0.15, 0.2) is 29.4 Å². The molecule has 0 saturated carbocycles. The quantitative estimate of drug-likeness (QED) is 0.487. The van der Waals surface area contributed by atoms with Crippen molar-refractivity contribution < 1.29 is 32.7 Å². The van der Waals surface area contributed by atoms with Crippen LogP contribution in [-0.4, -0.2) is 10.8 Å². The van der Waals surface area contributed by atoms with Gasteiger partial charge in [-0.3, -0.25) is 4.99 Å². The molecule has 0 bridgehead atoms. The van der Waals surface area contributed by atoms with E-state index < -0.39 is 0 Å². The van der Waals surface area contributed by atoms with E-state index in [1.807, 2.05) is 26.0 Å². The minimum atomic E-state index is 0. The Kier molecular flexibility index (Phi) is 14.6. The van der Waals surface area contributed by atoms with Gasteiger partial charge >= 0.3 is 0 Å². The summed E-state index contributed by atoms with van der Waals surface area (Å²) >= 11 is 0. The fourth-order valence-electron chi connectivity index (χ4n) is 1.28. The second-order valence-electron chi connectivity index (χ2n) is 4.24. The monoisotopic (exact) mass is 349 g/mol. The molecular weight excluding hydrogens is 323 g/mol. The van der Waals surface area contributed by atoms with E-state index in [-0.39, 0.29) is 32.7 Å². The van der Waals surface area contributed by atoms with Gasteiger partial charge in [-0.15, -0.1) is 11.6 Å². The first-order chi connectivity index (χ1) is 9.13. The van der Waals surface area contributed by atoms with Gasteiger partial charge in [0.2, 0.25) is 0 Å². The van der Waals surface area contributed by atoms with E-state index >= 15 is 0 Å². The van der Waals surface area contributed by atoms with E-state index in [1.54, 1.807) is 12.3 Å². The Hall–Kier alpha value is -0.536. The number of nitrogens with two attached hydrogens (primary N) is 1. The Morgan fingerprint density at radius 3 is 2.55 bits per heavy atom. The molecule has 1 rings (SSSR count). The normalized spacial score (nSPS) is 11.0. The van der Waals surface area contributed by atoms with E-state index in [4.69, 9.17) is 5.73 Å². The maximum atomic E-state index is 5.75. The van der Waals surface area contributed by atoms with Gasteiger partial charge in [0.1, 0.15) is 5.84 Å². The van der Waals surface area contributed by atoms with Crippen LogP contribution in [0, 0.1) is 6.07 Å². The van der Waals surface area contributed by atoms with Gasteiger partial charge in [0.25, 0.3) is 0 Å². The second-order valence-corrected chi connectivity index (χ2v) is 4.24. The van der Waals surface area contributed by atoms with E-state index in [2.05, 4.69) is 36.8 Å². The molecule has 1 heterocycles. The second kappa shape index (κ2) is 13.4. The van der Waals surface area contributed by atoms with Crippen LogP contribution in [0.5, 0.6) is 0 Å². The average molecular weight is 349 g/mol. The fraction of sp³-hybridized carbons (Fsp3) is 0.500. The third-order valence-electron chi connectivity index (χ3n) is 2.31. The molecule has 20 heavy (non-hydrogen) atoms. The molecule has 0 fully saturated rings. The number of aliphatic imine (C=N–C) groups is 1. The summed E-state index contributed by atoms with van der Waals surface area (Å²) in [6.07, 6.45) is 7.76. The van der Waals surface area contributed by atoms with Crippen LogP contribution < -0.4 is 5.73 Å². The molecule has 1 aromatic heterocycles.